The topological polar surface area (TPSA) is 56.9 Å². The summed E-state index contributed by atoms with van der Waals surface area (Å²) in [5, 5.41) is 17.1. The average Bonchev–Trinajstić information content (AvgIpc) is 2.19. The SMILES string of the molecule is N#Cc1ncccc1C#CCCO. The van der Waals surface area contributed by atoms with E-state index < -0.39 is 0 Å². The van der Waals surface area contributed by atoms with Crippen molar-refractivity contribution in [2.24, 2.45) is 0 Å². The molecule has 0 spiro atoms. The second-order valence-corrected chi connectivity index (χ2v) is 2.29. The molecule has 0 bridgehead atoms. The number of hydrogen-bond donors (Lipinski definition) is 1. The highest BCUT2D eigenvalue weighted by molar-refractivity contribution is 5.43. The van der Waals surface area contributed by atoms with Crippen LogP contribution in [0, 0.1) is 23.2 Å². The summed E-state index contributed by atoms with van der Waals surface area (Å²) in [5.74, 6) is 5.51. The molecule has 0 aliphatic heterocycles. The van der Waals surface area contributed by atoms with E-state index in [0.29, 0.717) is 17.7 Å². The number of hydrogen-bond acceptors (Lipinski definition) is 3. The molecule has 0 aliphatic rings. The zero-order valence-electron chi connectivity index (χ0n) is 6.99. The Bertz CT molecular complexity index is 382. The minimum absolute atomic E-state index is 0.0369. The van der Waals surface area contributed by atoms with Crippen LogP contribution in [-0.4, -0.2) is 16.7 Å². The molecule has 0 saturated carbocycles. The number of aromatic nitrogens is 1. The monoisotopic (exact) mass is 172 g/mol. The van der Waals surface area contributed by atoms with Crippen LogP contribution in [0.4, 0.5) is 0 Å². The Morgan fingerprint density at radius 1 is 1.54 bits per heavy atom. The lowest BCUT2D eigenvalue weighted by atomic mass is 10.2. The van der Waals surface area contributed by atoms with Crippen molar-refractivity contribution in [1.82, 2.24) is 4.98 Å². The molecule has 0 saturated heterocycles. The Hall–Kier alpha value is -1.84. The van der Waals surface area contributed by atoms with Crippen LogP contribution in [0.15, 0.2) is 18.3 Å². The van der Waals surface area contributed by atoms with Crippen LogP contribution in [-0.2, 0) is 0 Å². The van der Waals surface area contributed by atoms with Crippen LogP contribution in [0.5, 0.6) is 0 Å². The van der Waals surface area contributed by atoms with Crippen molar-refractivity contribution in [3.05, 3.63) is 29.6 Å². The number of nitrogens with zero attached hydrogens (tertiary/aromatic N) is 2. The highest BCUT2D eigenvalue weighted by Crippen LogP contribution is 2.00. The molecule has 0 amide bonds. The summed E-state index contributed by atoms with van der Waals surface area (Å²) in [5.41, 5.74) is 0.936. The number of rotatable bonds is 1. The Balaban J connectivity index is 2.91. The Kier molecular flexibility index (Phi) is 3.50. The van der Waals surface area contributed by atoms with Crippen molar-refractivity contribution in [2.75, 3.05) is 6.61 Å². The third-order valence-corrected chi connectivity index (χ3v) is 1.37. The Labute approximate surface area is 76.7 Å². The molecule has 1 rings (SSSR count). The predicted molar refractivity (Wildman–Crippen MR) is 47.5 cm³/mol. The van der Waals surface area contributed by atoms with Crippen molar-refractivity contribution >= 4 is 0 Å². The Morgan fingerprint density at radius 3 is 3.08 bits per heavy atom. The molecule has 0 fully saturated rings. The first kappa shape index (κ1) is 9.25. The van der Waals surface area contributed by atoms with Gasteiger partial charge in [0.2, 0.25) is 0 Å². The van der Waals surface area contributed by atoms with Gasteiger partial charge in [0.1, 0.15) is 6.07 Å². The van der Waals surface area contributed by atoms with Gasteiger partial charge >= 0.3 is 0 Å². The van der Waals surface area contributed by atoms with Crippen molar-refractivity contribution in [3.63, 3.8) is 0 Å². The van der Waals surface area contributed by atoms with E-state index in [4.69, 9.17) is 10.4 Å². The fourth-order valence-electron chi connectivity index (χ4n) is 0.809. The van der Waals surface area contributed by atoms with Crippen LogP contribution in [0.25, 0.3) is 0 Å². The third-order valence-electron chi connectivity index (χ3n) is 1.37. The summed E-state index contributed by atoms with van der Waals surface area (Å²) in [6.07, 6.45) is 1.97. The van der Waals surface area contributed by atoms with Gasteiger partial charge in [-0.05, 0) is 12.1 Å². The summed E-state index contributed by atoms with van der Waals surface area (Å²) in [6, 6.07) is 5.40. The second kappa shape index (κ2) is 4.92. The van der Waals surface area contributed by atoms with Gasteiger partial charge in [-0.3, -0.25) is 0 Å². The molecule has 0 radical (unpaired) electrons. The standard InChI is InChI=1S/C10H8N2O/c11-8-10-9(4-1-2-7-13)5-3-6-12-10/h3,5-6,13H,2,7H2. The molecule has 1 heterocycles. The van der Waals surface area contributed by atoms with Gasteiger partial charge < -0.3 is 5.11 Å². The van der Waals surface area contributed by atoms with E-state index in [0.717, 1.165) is 0 Å². The van der Waals surface area contributed by atoms with Gasteiger partial charge in [0, 0.05) is 12.6 Å². The molecule has 1 aromatic rings. The van der Waals surface area contributed by atoms with E-state index >= 15 is 0 Å². The minimum Gasteiger partial charge on any atom is -0.395 e. The second-order valence-electron chi connectivity index (χ2n) is 2.29. The van der Waals surface area contributed by atoms with E-state index in [1.807, 2.05) is 6.07 Å². The van der Waals surface area contributed by atoms with Crippen LogP contribution < -0.4 is 0 Å². The average molecular weight is 172 g/mol. The van der Waals surface area contributed by atoms with Crippen LogP contribution in [0.2, 0.25) is 0 Å². The third kappa shape index (κ3) is 2.59. The molecule has 1 aromatic heterocycles. The van der Waals surface area contributed by atoms with Crippen LogP contribution in [0.1, 0.15) is 17.7 Å². The normalized spacial score (nSPS) is 8.31. The van der Waals surface area contributed by atoms with E-state index in [2.05, 4.69) is 16.8 Å². The lowest BCUT2D eigenvalue weighted by Gasteiger charge is -1.90. The minimum atomic E-state index is 0.0369. The molecule has 0 aromatic carbocycles. The maximum Gasteiger partial charge on any atom is 0.156 e. The van der Waals surface area contributed by atoms with Crippen LogP contribution >= 0.6 is 0 Å². The van der Waals surface area contributed by atoms with Gasteiger partial charge in [-0.1, -0.05) is 11.8 Å². The number of aliphatic hydroxyl groups is 1. The van der Waals surface area contributed by atoms with Gasteiger partial charge in [-0.15, -0.1) is 0 Å². The Morgan fingerprint density at radius 2 is 2.38 bits per heavy atom. The number of nitriles is 1. The van der Waals surface area contributed by atoms with Crippen LogP contribution in [0.3, 0.4) is 0 Å². The van der Waals surface area contributed by atoms with Crippen molar-refractivity contribution in [2.45, 2.75) is 6.42 Å². The lowest BCUT2D eigenvalue weighted by molar-refractivity contribution is 0.305. The molecule has 1 N–H and O–H groups in total. The zero-order valence-corrected chi connectivity index (χ0v) is 6.99. The summed E-state index contributed by atoms with van der Waals surface area (Å²) < 4.78 is 0. The van der Waals surface area contributed by atoms with E-state index in [9.17, 15) is 0 Å². The molecule has 0 atom stereocenters. The predicted octanol–water partition coefficient (Wildman–Crippen LogP) is 0.687. The fraction of sp³-hybridized carbons (Fsp3) is 0.200. The van der Waals surface area contributed by atoms with Gasteiger partial charge in [0.05, 0.1) is 12.2 Å². The summed E-state index contributed by atoms with van der Waals surface area (Å²) in [6.45, 7) is 0.0369. The van der Waals surface area contributed by atoms with Crippen molar-refractivity contribution in [3.8, 4) is 17.9 Å². The van der Waals surface area contributed by atoms with Gasteiger partial charge in [-0.25, -0.2) is 4.98 Å². The fourth-order valence-corrected chi connectivity index (χ4v) is 0.809. The molecule has 0 aliphatic carbocycles. The highest BCUT2D eigenvalue weighted by atomic mass is 16.2. The first-order valence-electron chi connectivity index (χ1n) is 3.83. The van der Waals surface area contributed by atoms with E-state index in [-0.39, 0.29) is 6.61 Å². The maximum atomic E-state index is 8.65. The molecule has 0 unspecified atom stereocenters. The summed E-state index contributed by atoms with van der Waals surface area (Å²) >= 11 is 0. The molecule has 64 valence electrons. The van der Waals surface area contributed by atoms with Gasteiger partial charge in [0.25, 0.3) is 0 Å². The summed E-state index contributed by atoms with van der Waals surface area (Å²) in [7, 11) is 0. The molecular formula is C10H8N2O. The van der Waals surface area contributed by atoms with Crippen molar-refractivity contribution < 1.29 is 5.11 Å². The lowest BCUT2D eigenvalue weighted by Crippen LogP contribution is -1.87. The first-order chi connectivity index (χ1) is 6.38. The smallest absolute Gasteiger partial charge is 0.156 e. The highest BCUT2D eigenvalue weighted by Gasteiger charge is 1.96. The maximum absolute atomic E-state index is 8.65. The van der Waals surface area contributed by atoms with E-state index in [1.165, 1.54) is 0 Å². The molecule has 3 nitrogen and oxygen atoms in total. The number of pyridine rings is 1. The van der Waals surface area contributed by atoms with E-state index in [1.54, 1.807) is 18.3 Å². The quantitative estimate of drug-likeness (QED) is 0.634. The summed E-state index contributed by atoms with van der Waals surface area (Å²) in [4.78, 5) is 3.85. The van der Waals surface area contributed by atoms with Gasteiger partial charge in [-0.2, -0.15) is 5.26 Å². The zero-order chi connectivity index (χ0) is 9.52. The molecular weight excluding hydrogens is 164 g/mol. The largest absolute Gasteiger partial charge is 0.395 e. The molecule has 13 heavy (non-hydrogen) atoms. The van der Waals surface area contributed by atoms with Gasteiger partial charge in [0.15, 0.2) is 5.69 Å². The first-order valence-corrected chi connectivity index (χ1v) is 3.83. The molecule has 3 heteroatoms. The van der Waals surface area contributed by atoms with Crippen molar-refractivity contribution in [1.29, 1.82) is 5.26 Å². The number of aliphatic hydroxyl groups excluding tert-OH is 1.